The number of carbonyl (C=O) groups is 1. The topological polar surface area (TPSA) is 94.1 Å². The van der Waals surface area contributed by atoms with Gasteiger partial charge in [0.1, 0.15) is 5.76 Å². The van der Waals surface area contributed by atoms with Crippen molar-refractivity contribution in [3.05, 3.63) is 46.8 Å². The Morgan fingerprint density at radius 3 is 2.64 bits per heavy atom. The summed E-state index contributed by atoms with van der Waals surface area (Å²) in [5.74, 6) is 0.434. The molecule has 0 radical (unpaired) electrons. The van der Waals surface area contributed by atoms with E-state index in [9.17, 15) is 4.79 Å². The highest BCUT2D eigenvalue weighted by molar-refractivity contribution is 6.01. The molecule has 3 rings (SSSR count). The number of hydrogen-bond donors (Lipinski definition) is 1. The molecule has 0 saturated carbocycles. The van der Waals surface area contributed by atoms with E-state index in [1.54, 1.807) is 6.92 Å². The fourth-order valence-electron chi connectivity index (χ4n) is 2.07. The first-order chi connectivity index (χ1) is 10.5. The fourth-order valence-corrected chi connectivity index (χ4v) is 2.07. The van der Waals surface area contributed by atoms with Crippen molar-refractivity contribution in [3.8, 4) is 11.5 Å². The average Bonchev–Trinajstić information content (AvgIpc) is 3.08. The highest BCUT2D eigenvalue weighted by Crippen LogP contribution is 2.24. The summed E-state index contributed by atoms with van der Waals surface area (Å²) in [5, 5.41) is 13.9. The molecule has 2 aromatic heterocycles. The maximum absolute atomic E-state index is 11.9. The summed E-state index contributed by atoms with van der Waals surface area (Å²) < 4.78 is 10.3. The Morgan fingerprint density at radius 2 is 1.95 bits per heavy atom. The lowest BCUT2D eigenvalue weighted by atomic mass is 10.1. The minimum absolute atomic E-state index is 0.0145. The molecule has 112 valence electrons. The van der Waals surface area contributed by atoms with Gasteiger partial charge >= 0.3 is 6.01 Å². The van der Waals surface area contributed by atoms with Crippen molar-refractivity contribution >= 4 is 11.9 Å². The standard InChI is InChI=1S/C15H14N4O3/c1-8-4-5-11(9(2)6-8)14-17-18-15(21-14)16-13(20)12-7-10(3)22-19-12/h4-7H,1-3H3,(H,16,18,20). The number of hydrogen-bond acceptors (Lipinski definition) is 6. The molecule has 1 amide bonds. The Morgan fingerprint density at radius 1 is 1.14 bits per heavy atom. The van der Waals surface area contributed by atoms with Crippen molar-refractivity contribution in [3.63, 3.8) is 0 Å². The van der Waals surface area contributed by atoms with Gasteiger partial charge in [0.15, 0.2) is 5.69 Å². The maximum Gasteiger partial charge on any atom is 0.322 e. The fraction of sp³-hybridized carbons (Fsp3) is 0.200. The molecule has 22 heavy (non-hydrogen) atoms. The second kappa shape index (κ2) is 5.44. The van der Waals surface area contributed by atoms with Crippen LogP contribution < -0.4 is 5.32 Å². The van der Waals surface area contributed by atoms with E-state index in [1.807, 2.05) is 32.0 Å². The van der Waals surface area contributed by atoms with Crippen LogP contribution in [0.15, 0.2) is 33.2 Å². The molecule has 0 aliphatic carbocycles. The van der Waals surface area contributed by atoms with E-state index in [1.165, 1.54) is 6.07 Å². The Kier molecular flexibility index (Phi) is 3.46. The van der Waals surface area contributed by atoms with E-state index in [2.05, 4.69) is 20.7 Å². The van der Waals surface area contributed by atoms with E-state index >= 15 is 0 Å². The van der Waals surface area contributed by atoms with Crippen LogP contribution in [0.1, 0.15) is 27.4 Å². The lowest BCUT2D eigenvalue weighted by molar-refractivity contribution is 0.101. The van der Waals surface area contributed by atoms with E-state index in [0.29, 0.717) is 11.7 Å². The van der Waals surface area contributed by atoms with Crippen molar-refractivity contribution in [2.75, 3.05) is 5.32 Å². The number of rotatable bonds is 3. The molecular formula is C15H14N4O3. The van der Waals surface area contributed by atoms with Crippen molar-refractivity contribution in [2.45, 2.75) is 20.8 Å². The molecule has 0 atom stereocenters. The third kappa shape index (κ3) is 2.73. The predicted octanol–water partition coefficient (Wildman–Crippen LogP) is 2.90. The van der Waals surface area contributed by atoms with Gasteiger partial charge in [0.2, 0.25) is 5.89 Å². The first-order valence-electron chi connectivity index (χ1n) is 6.69. The Labute approximate surface area is 126 Å². The SMILES string of the molecule is Cc1ccc(-c2nnc(NC(=O)c3cc(C)on3)o2)c(C)c1. The first-order valence-corrected chi connectivity index (χ1v) is 6.69. The van der Waals surface area contributed by atoms with Crippen LogP contribution in [0.3, 0.4) is 0 Å². The second-order valence-electron chi connectivity index (χ2n) is 5.01. The molecule has 7 nitrogen and oxygen atoms in total. The Hall–Kier alpha value is -2.96. The quantitative estimate of drug-likeness (QED) is 0.799. The van der Waals surface area contributed by atoms with Gasteiger partial charge in [-0.1, -0.05) is 28.0 Å². The Bertz CT molecular complexity index is 835. The highest BCUT2D eigenvalue weighted by Gasteiger charge is 2.16. The zero-order valence-electron chi connectivity index (χ0n) is 12.4. The molecule has 0 saturated heterocycles. The van der Waals surface area contributed by atoms with Crippen molar-refractivity contribution < 1.29 is 13.7 Å². The van der Waals surface area contributed by atoms with E-state index in [0.717, 1.165) is 16.7 Å². The van der Waals surface area contributed by atoms with Gasteiger partial charge in [0.05, 0.1) is 0 Å². The maximum atomic E-state index is 11.9. The lowest BCUT2D eigenvalue weighted by Crippen LogP contribution is -2.12. The summed E-state index contributed by atoms with van der Waals surface area (Å²) in [4.78, 5) is 11.9. The third-order valence-corrected chi connectivity index (χ3v) is 3.12. The molecule has 7 heteroatoms. The normalized spacial score (nSPS) is 10.7. The molecule has 0 bridgehead atoms. The molecule has 0 aliphatic rings. The van der Waals surface area contributed by atoms with Crippen LogP contribution in [0, 0.1) is 20.8 Å². The number of anilines is 1. The summed E-state index contributed by atoms with van der Waals surface area (Å²) in [6.45, 7) is 5.67. The number of nitrogens with zero attached hydrogens (tertiary/aromatic N) is 3. The third-order valence-electron chi connectivity index (χ3n) is 3.12. The van der Waals surface area contributed by atoms with Crippen molar-refractivity contribution in [2.24, 2.45) is 0 Å². The molecule has 0 aliphatic heterocycles. The molecule has 1 N–H and O–H groups in total. The molecule has 0 spiro atoms. The van der Waals surface area contributed by atoms with Crippen LogP contribution >= 0.6 is 0 Å². The van der Waals surface area contributed by atoms with Gasteiger partial charge in [-0.05, 0) is 32.4 Å². The van der Waals surface area contributed by atoms with Gasteiger partial charge in [-0.2, -0.15) is 0 Å². The van der Waals surface area contributed by atoms with Gasteiger partial charge in [-0.3, -0.25) is 10.1 Å². The molecular weight excluding hydrogens is 284 g/mol. The molecule has 0 unspecified atom stereocenters. The van der Waals surface area contributed by atoms with E-state index < -0.39 is 5.91 Å². The summed E-state index contributed by atoms with van der Waals surface area (Å²) in [6, 6.07) is 7.43. The van der Waals surface area contributed by atoms with Gasteiger partial charge in [0.25, 0.3) is 5.91 Å². The minimum Gasteiger partial charge on any atom is -0.403 e. The number of carbonyl (C=O) groups excluding carboxylic acids is 1. The smallest absolute Gasteiger partial charge is 0.322 e. The average molecular weight is 298 g/mol. The summed E-state index contributed by atoms with van der Waals surface area (Å²) in [7, 11) is 0. The summed E-state index contributed by atoms with van der Waals surface area (Å²) >= 11 is 0. The lowest BCUT2D eigenvalue weighted by Gasteiger charge is -2.01. The summed E-state index contributed by atoms with van der Waals surface area (Å²) in [5.41, 5.74) is 3.16. The van der Waals surface area contributed by atoms with E-state index in [4.69, 9.17) is 8.94 Å². The van der Waals surface area contributed by atoms with Crippen LogP contribution in [0.2, 0.25) is 0 Å². The zero-order valence-corrected chi connectivity index (χ0v) is 12.4. The monoisotopic (exact) mass is 298 g/mol. The van der Waals surface area contributed by atoms with Gasteiger partial charge in [-0.25, -0.2) is 0 Å². The summed E-state index contributed by atoms with van der Waals surface area (Å²) in [6.07, 6.45) is 0. The van der Waals surface area contributed by atoms with E-state index in [-0.39, 0.29) is 11.7 Å². The van der Waals surface area contributed by atoms with Gasteiger partial charge in [-0.15, -0.1) is 5.10 Å². The molecule has 2 heterocycles. The molecule has 3 aromatic rings. The van der Waals surface area contributed by atoms with Crippen molar-refractivity contribution in [1.82, 2.24) is 15.4 Å². The van der Waals surface area contributed by atoms with Crippen LogP contribution in [0.4, 0.5) is 6.01 Å². The van der Waals surface area contributed by atoms with Crippen LogP contribution in [-0.4, -0.2) is 21.3 Å². The predicted molar refractivity (Wildman–Crippen MR) is 78.4 cm³/mol. The zero-order chi connectivity index (χ0) is 15.7. The van der Waals surface area contributed by atoms with Crippen LogP contribution in [-0.2, 0) is 0 Å². The largest absolute Gasteiger partial charge is 0.403 e. The van der Waals surface area contributed by atoms with Crippen molar-refractivity contribution in [1.29, 1.82) is 0 Å². The number of aryl methyl sites for hydroxylation is 3. The number of aromatic nitrogens is 3. The Balaban J connectivity index is 1.80. The molecule has 0 fully saturated rings. The first kappa shape index (κ1) is 14.0. The second-order valence-corrected chi connectivity index (χ2v) is 5.01. The van der Waals surface area contributed by atoms with Crippen LogP contribution in [0.5, 0.6) is 0 Å². The minimum atomic E-state index is -0.465. The molecule has 1 aromatic carbocycles. The van der Waals surface area contributed by atoms with Gasteiger partial charge in [0, 0.05) is 11.6 Å². The van der Waals surface area contributed by atoms with Gasteiger partial charge < -0.3 is 8.94 Å². The highest BCUT2D eigenvalue weighted by atomic mass is 16.5. The van der Waals surface area contributed by atoms with Crippen LogP contribution in [0.25, 0.3) is 11.5 Å². The number of benzene rings is 1. The number of amides is 1. The number of nitrogens with one attached hydrogen (secondary N) is 1.